The average molecular weight is 339 g/mol. The van der Waals surface area contributed by atoms with Gasteiger partial charge in [-0.15, -0.1) is 0 Å². The molecule has 0 unspecified atom stereocenters. The van der Waals surface area contributed by atoms with Gasteiger partial charge in [0.25, 0.3) is 0 Å². The van der Waals surface area contributed by atoms with Crippen LogP contribution >= 0.6 is 0 Å². The van der Waals surface area contributed by atoms with Gasteiger partial charge in [0.1, 0.15) is 0 Å². The van der Waals surface area contributed by atoms with Crippen molar-refractivity contribution >= 4 is 23.4 Å². The van der Waals surface area contributed by atoms with Crippen LogP contribution in [0.4, 0.5) is 5.69 Å². The lowest BCUT2D eigenvalue weighted by Crippen LogP contribution is -2.39. The van der Waals surface area contributed by atoms with Gasteiger partial charge in [0.05, 0.1) is 13.1 Å². The van der Waals surface area contributed by atoms with Crippen molar-refractivity contribution in [3.63, 3.8) is 0 Å². The molecule has 3 amide bonds. The number of amides is 3. The van der Waals surface area contributed by atoms with Crippen LogP contribution in [0.1, 0.15) is 18.1 Å². The van der Waals surface area contributed by atoms with Crippen molar-refractivity contribution in [1.29, 1.82) is 0 Å². The molecule has 2 rings (SSSR count). The zero-order chi connectivity index (χ0) is 18.1. The Hall–Kier alpha value is -3.15. The van der Waals surface area contributed by atoms with E-state index in [0.717, 1.165) is 11.1 Å². The Morgan fingerprint density at radius 3 is 2.16 bits per heavy atom. The molecule has 6 nitrogen and oxygen atoms in total. The Balaban J connectivity index is 1.90. The first-order valence-corrected chi connectivity index (χ1v) is 7.97. The predicted molar refractivity (Wildman–Crippen MR) is 96.0 cm³/mol. The molecule has 130 valence electrons. The van der Waals surface area contributed by atoms with Crippen molar-refractivity contribution in [2.24, 2.45) is 0 Å². The van der Waals surface area contributed by atoms with Crippen LogP contribution in [0.3, 0.4) is 0 Å². The van der Waals surface area contributed by atoms with Crippen LogP contribution in [0.5, 0.6) is 0 Å². The summed E-state index contributed by atoms with van der Waals surface area (Å²) in [6.07, 6.45) is 0.701. The molecule has 0 aliphatic rings. The Labute approximate surface area is 146 Å². The Morgan fingerprint density at radius 2 is 1.44 bits per heavy atom. The van der Waals surface area contributed by atoms with Gasteiger partial charge in [-0.25, -0.2) is 0 Å². The number of carbonyl (C=O) groups is 3. The molecule has 0 saturated carbocycles. The standard InChI is InChI=1S/C19H21N3O3/c1-14(23)20-12-18(24)21-13-19(25)22-17-10-6-5-9-16(17)11-15-7-3-2-4-8-15/h2-10H,11-13H2,1H3,(H,20,23)(H,21,24)(H,22,25). The fourth-order valence-electron chi connectivity index (χ4n) is 2.25. The Bertz CT molecular complexity index is 745. The summed E-state index contributed by atoms with van der Waals surface area (Å²) in [6, 6.07) is 17.5. The van der Waals surface area contributed by atoms with Crippen LogP contribution in [-0.4, -0.2) is 30.8 Å². The Morgan fingerprint density at radius 1 is 0.800 bits per heavy atom. The summed E-state index contributed by atoms with van der Waals surface area (Å²) in [5, 5.41) is 7.64. The van der Waals surface area contributed by atoms with Crippen LogP contribution < -0.4 is 16.0 Å². The zero-order valence-corrected chi connectivity index (χ0v) is 14.0. The van der Waals surface area contributed by atoms with E-state index in [2.05, 4.69) is 16.0 Å². The van der Waals surface area contributed by atoms with Crippen molar-refractivity contribution in [2.45, 2.75) is 13.3 Å². The summed E-state index contributed by atoms with van der Waals surface area (Å²) in [5.41, 5.74) is 2.85. The SMILES string of the molecule is CC(=O)NCC(=O)NCC(=O)Nc1ccccc1Cc1ccccc1. The van der Waals surface area contributed by atoms with Gasteiger partial charge in [-0.05, 0) is 23.6 Å². The summed E-state index contributed by atoms with van der Waals surface area (Å²) in [6.45, 7) is 1.02. The minimum atomic E-state index is -0.414. The lowest BCUT2D eigenvalue weighted by molar-refractivity contribution is -0.126. The highest BCUT2D eigenvalue weighted by atomic mass is 16.2. The molecule has 0 aromatic heterocycles. The van der Waals surface area contributed by atoms with Crippen molar-refractivity contribution in [1.82, 2.24) is 10.6 Å². The highest BCUT2D eigenvalue weighted by Gasteiger charge is 2.09. The van der Waals surface area contributed by atoms with Gasteiger partial charge in [-0.3, -0.25) is 14.4 Å². The summed E-state index contributed by atoms with van der Waals surface area (Å²) in [4.78, 5) is 34.3. The minimum absolute atomic E-state index is 0.146. The molecule has 0 fully saturated rings. The second kappa shape index (κ2) is 9.22. The van der Waals surface area contributed by atoms with Crippen LogP contribution in [0, 0.1) is 0 Å². The summed E-state index contributed by atoms with van der Waals surface area (Å²) >= 11 is 0. The van der Waals surface area contributed by atoms with E-state index in [1.807, 2.05) is 54.6 Å². The lowest BCUT2D eigenvalue weighted by Gasteiger charge is -2.12. The molecule has 0 aliphatic heterocycles. The first-order valence-electron chi connectivity index (χ1n) is 7.97. The topological polar surface area (TPSA) is 87.3 Å². The highest BCUT2D eigenvalue weighted by molar-refractivity contribution is 5.95. The van der Waals surface area contributed by atoms with Crippen LogP contribution in [-0.2, 0) is 20.8 Å². The molecule has 0 atom stereocenters. The number of carbonyl (C=O) groups excluding carboxylic acids is 3. The molecule has 3 N–H and O–H groups in total. The maximum absolute atomic E-state index is 12.0. The first kappa shape index (κ1) is 18.2. The van der Waals surface area contributed by atoms with Gasteiger partial charge >= 0.3 is 0 Å². The minimum Gasteiger partial charge on any atom is -0.347 e. The molecule has 2 aromatic carbocycles. The highest BCUT2D eigenvalue weighted by Crippen LogP contribution is 2.18. The normalized spacial score (nSPS) is 9.96. The molecule has 0 spiro atoms. The molecular weight excluding hydrogens is 318 g/mol. The fraction of sp³-hybridized carbons (Fsp3) is 0.211. The Kier molecular flexibility index (Phi) is 6.71. The second-order valence-corrected chi connectivity index (χ2v) is 5.55. The van der Waals surface area contributed by atoms with Gasteiger partial charge < -0.3 is 16.0 Å². The van der Waals surface area contributed by atoms with Crippen LogP contribution in [0.25, 0.3) is 0 Å². The summed E-state index contributed by atoms with van der Waals surface area (Å²) in [7, 11) is 0. The van der Waals surface area contributed by atoms with Gasteiger partial charge in [0, 0.05) is 12.6 Å². The van der Waals surface area contributed by atoms with E-state index in [9.17, 15) is 14.4 Å². The molecular formula is C19H21N3O3. The molecule has 2 aromatic rings. The maximum atomic E-state index is 12.0. The molecule has 0 bridgehead atoms. The maximum Gasteiger partial charge on any atom is 0.243 e. The van der Waals surface area contributed by atoms with E-state index in [4.69, 9.17) is 0 Å². The van der Waals surface area contributed by atoms with E-state index in [1.165, 1.54) is 6.92 Å². The van der Waals surface area contributed by atoms with Crippen LogP contribution in [0.2, 0.25) is 0 Å². The third-order valence-electron chi connectivity index (χ3n) is 3.47. The molecule has 0 radical (unpaired) electrons. The molecule has 0 heterocycles. The number of rotatable bonds is 7. The van der Waals surface area contributed by atoms with Gasteiger partial charge in [0.2, 0.25) is 17.7 Å². The number of para-hydroxylation sites is 1. The molecule has 0 aliphatic carbocycles. The molecule has 25 heavy (non-hydrogen) atoms. The molecule has 0 saturated heterocycles. The lowest BCUT2D eigenvalue weighted by atomic mass is 10.0. The van der Waals surface area contributed by atoms with Crippen LogP contribution in [0.15, 0.2) is 54.6 Å². The van der Waals surface area contributed by atoms with E-state index < -0.39 is 5.91 Å². The number of benzene rings is 2. The number of anilines is 1. The van der Waals surface area contributed by atoms with E-state index in [1.54, 1.807) is 0 Å². The average Bonchev–Trinajstić information content (AvgIpc) is 2.61. The van der Waals surface area contributed by atoms with E-state index in [-0.39, 0.29) is 24.9 Å². The third-order valence-corrected chi connectivity index (χ3v) is 3.47. The second-order valence-electron chi connectivity index (χ2n) is 5.55. The predicted octanol–water partition coefficient (Wildman–Crippen LogP) is 1.47. The monoisotopic (exact) mass is 339 g/mol. The number of hydrogen-bond donors (Lipinski definition) is 3. The quantitative estimate of drug-likeness (QED) is 0.714. The summed E-state index contributed by atoms with van der Waals surface area (Å²) < 4.78 is 0. The van der Waals surface area contributed by atoms with Gasteiger partial charge in [-0.1, -0.05) is 48.5 Å². The largest absolute Gasteiger partial charge is 0.347 e. The van der Waals surface area contributed by atoms with E-state index >= 15 is 0 Å². The number of nitrogens with one attached hydrogen (secondary N) is 3. The first-order chi connectivity index (χ1) is 12.0. The zero-order valence-electron chi connectivity index (χ0n) is 14.0. The third kappa shape index (κ3) is 6.47. The van der Waals surface area contributed by atoms with Crippen molar-refractivity contribution in [2.75, 3.05) is 18.4 Å². The smallest absolute Gasteiger partial charge is 0.243 e. The summed E-state index contributed by atoms with van der Waals surface area (Å²) in [5.74, 6) is -1.03. The van der Waals surface area contributed by atoms with Gasteiger partial charge in [-0.2, -0.15) is 0 Å². The number of hydrogen-bond acceptors (Lipinski definition) is 3. The van der Waals surface area contributed by atoms with Crippen molar-refractivity contribution < 1.29 is 14.4 Å². The van der Waals surface area contributed by atoms with Gasteiger partial charge in [0.15, 0.2) is 0 Å². The molecule has 6 heteroatoms. The van der Waals surface area contributed by atoms with Crippen molar-refractivity contribution in [3.8, 4) is 0 Å². The van der Waals surface area contributed by atoms with E-state index in [0.29, 0.717) is 12.1 Å². The fourth-order valence-corrected chi connectivity index (χ4v) is 2.25. The van der Waals surface area contributed by atoms with Crippen molar-refractivity contribution in [3.05, 3.63) is 65.7 Å².